The molecule has 3 heterocycles. The van der Waals surface area contributed by atoms with Crippen molar-refractivity contribution in [1.82, 2.24) is 9.80 Å². The molecule has 0 radical (unpaired) electrons. The maximum absolute atomic E-state index is 4.40. The zero-order valence-corrected chi connectivity index (χ0v) is 12.6. The van der Waals surface area contributed by atoms with Gasteiger partial charge in [0.25, 0.3) is 0 Å². The van der Waals surface area contributed by atoms with Gasteiger partial charge < -0.3 is 9.80 Å². The van der Waals surface area contributed by atoms with Gasteiger partial charge in [-0.15, -0.1) is 0 Å². The first-order chi connectivity index (χ1) is 8.13. The molecule has 4 heteroatoms. The first-order valence-electron chi connectivity index (χ1n) is 7.05. The lowest BCUT2D eigenvalue weighted by Gasteiger charge is -2.21. The first kappa shape index (κ1) is 11.6. The molecule has 0 spiro atoms. The highest BCUT2D eigenvalue weighted by molar-refractivity contribution is 7.05. The zero-order valence-electron chi connectivity index (χ0n) is 11.6. The van der Waals surface area contributed by atoms with Gasteiger partial charge >= 0.3 is 0 Å². The normalized spacial score (nSPS) is 45.4. The van der Waals surface area contributed by atoms with Gasteiger partial charge in [0.15, 0.2) is 5.96 Å². The van der Waals surface area contributed by atoms with Gasteiger partial charge in [0.1, 0.15) is 0 Å². The Kier molecular flexibility index (Phi) is 2.54. The van der Waals surface area contributed by atoms with Crippen LogP contribution < -0.4 is 0 Å². The SMILES string of the molecule is C/N=C1/N(C)CCN1CCC[Si]12C(C)C1C2C. The Morgan fingerprint density at radius 1 is 1.29 bits per heavy atom. The molecular formula is C13H25N3Si. The summed E-state index contributed by atoms with van der Waals surface area (Å²) in [6, 6.07) is 1.58. The quantitative estimate of drug-likeness (QED) is 0.714. The molecule has 0 amide bonds. The highest BCUT2D eigenvalue weighted by atomic mass is 28.3. The molecule has 0 aromatic heterocycles. The van der Waals surface area contributed by atoms with E-state index < -0.39 is 8.07 Å². The van der Waals surface area contributed by atoms with Crippen LogP contribution in [0.3, 0.4) is 0 Å². The van der Waals surface area contributed by atoms with E-state index in [1.165, 1.54) is 31.0 Å². The third kappa shape index (κ3) is 1.49. The Hall–Kier alpha value is -0.513. The van der Waals surface area contributed by atoms with Crippen LogP contribution in [0.15, 0.2) is 4.99 Å². The molecule has 2 unspecified atom stereocenters. The predicted molar refractivity (Wildman–Crippen MR) is 75.3 cm³/mol. The van der Waals surface area contributed by atoms with E-state index in [1.54, 1.807) is 6.04 Å². The maximum Gasteiger partial charge on any atom is 0.196 e. The number of guanidine groups is 1. The average Bonchev–Trinajstić information content (AvgIpc) is 3.06. The molecule has 2 atom stereocenters. The van der Waals surface area contributed by atoms with Crippen molar-refractivity contribution in [3.8, 4) is 0 Å². The summed E-state index contributed by atoms with van der Waals surface area (Å²) in [6.07, 6.45) is 1.41. The zero-order chi connectivity index (χ0) is 12.2. The Bertz CT molecular complexity index is 345. The van der Waals surface area contributed by atoms with Gasteiger partial charge in [0, 0.05) is 33.7 Å². The van der Waals surface area contributed by atoms with Gasteiger partial charge in [-0.1, -0.05) is 19.9 Å². The Labute approximate surface area is 106 Å². The van der Waals surface area contributed by atoms with E-state index >= 15 is 0 Å². The number of nitrogens with zero attached hydrogens (tertiary/aromatic N) is 3. The lowest BCUT2D eigenvalue weighted by Crippen LogP contribution is -2.32. The van der Waals surface area contributed by atoms with Crippen LogP contribution in [-0.2, 0) is 0 Å². The number of aliphatic imine (C=N–C) groups is 1. The van der Waals surface area contributed by atoms with Crippen molar-refractivity contribution < 1.29 is 0 Å². The van der Waals surface area contributed by atoms with Gasteiger partial charge in [-0.25, -0.2) is 0 Å². The van der Waals surface area contributed by atoms with Crippen molar-refractivity contribution in [3.05, 3.63) is 0 Å². The molecule has 3 nitrogen and oxygen atoms in total. The van der Waals surface area contributed by atoms with Crippen LogP contribution in [0.2, 0.25) is 22.7 Å². The average molecular weight is 251 g/mol. The highest BCUT2D eigenvalue weighted by Crippen LogP contribution is 2.88. The lowest BCUT2D eigenvalue weighted by molar-refractivity contribution is 0.458. The standard InChI is InChI=1S/C13H25N3Si/c1-10-12-11(2)17(10,12)9-5-6-16-8-7-15(4)13(16)14-3/h10-12H,5-9H2,1-4H3/b14-13-. The molecule has 0 N–H and O–H groups in total. The van der Waals surface area contributed by atoms with Crippen molar-refractivity contribution in [2.75, 3.05) is 33.7 Å². The molecule has 3 saturated heterocycles. The van der Waals surface area contributed by atoms with E-state index in [0.717, 1.165) is 17.6 Å². The summed E-state index contributed by atoms with van der Waals surface area (Å²) >= 11 is 0. The second-order valence-electron chi connectivity index (χ2n) is 6.25. The monoisotopic (exact) mass is 251 g/mol. The van der Waals surface area contributed by atoms with Crippen LogP contribution in [0.1, 0.15) is 20.3 Å². The molecule has 3 aliphatic rings. The molecular weight excluding hydrogens is 226 g/mol. The van der Waals surface area contributed by atoms with Crippen molar-refractivity contribution in [3.63, 3.8) is 0 Å². The van der Waals surface area contributed by atoms with Crippen LogP contribution >= 0.6 is 0 Å². The van der Waals surface area contributed by atoms with Gasteiger partial charge in [-0.05, 0) is 23.0 Å². The van der Waals surface area contributed by atoms with Gasteiger partial charge in [-0.2, -0.15) is 0 Å². The molecule has 96 valence electrons. The van der Waals surface area contributed by atoms with Crippen LogP contribution in [0.5, 0.6) is 0 Å². The van der Waals surface area contributed by atoms with E-state index in [-0.39, 0.29) is 0 Å². The molecule has 17 heavy (non-hydrogen) atoms. The number of fused-ring (bicyclic) bond motifs is 1. The summed E-state index contributed by atoms with van der Waals surface area (Å²) in [5.74, 6) is 1.20. The fraction of sp³-hybridized carbons (Fsp3) is 0.923. The molecule has 3 fully saturated rings. The second-order valence-corrected chi connectivity index (χ2v) is 11.5. The van der Waals surface area contributed by atoms with Gasteiger partial charge in [0.2, 0.25) is 0 Å². The summed E-state index contributed by atoms with van der Waals surface area (Å²) < 4.78 is 0. The molecule has 0 aliphatic carbocycles. The Morgan fingerprint density at radius 2 is 2.00 bits per heavy atom. The van der Waals surface area contributed by atoms with Crippen molar-refractivity contribution in [2.24, 2.45) is 4.99 Å². The molecule has 3 rings (SSSR count). The minimum atomic E-state index is -0.649. The van der Waals surface area contributed by atoms with Crippen molar-refractivity contribution in [1.29, 1.82) is 0 Å². The summed E-state index contributed by atoms with van der Waals surface area (Å²) in [6.45, 7) is 8.55. The maximum atomic E-state index is 4.40. The van der Waals surface area contributed by atoms with E-state index in [4.69, 9.17) is 0 Å². The number of rotatable bonds is 4. The predicted octanol–water partition coefficient (Wildman–Crippen LogP) is 2.24. The van der Waals surface area contributed by atoms with Crippen LogP contribution in [0.25, 0.3) is 0 Å². The third-order valence-corrected chi connectivity index (χ3v) is 12.5. The molecule has 0 bridgehead atoms. The van der Waals surface area contributed by atoms with E-state index in [2.05, 4.69) is 35.7 Å². The van der Waals surface area contributed by atoms with E-state index in [0.29, 0.717) is 0 Å². The van der Waals surface area contributed by atoms with Gasteiger partial charge in [-0.3, -0.25) is 4.99 Å². The van der Waals surface area contributed by atoms with Crippen molar-refractivity contribution >= 4 is 14.0 Å². The Balaban J connectivity index is 1.46. The Morgan fingerprint density at radius 3 is 2.53 bits per heavy atom. The summed E-state index contributed by atoms with van der Waals surface area (Å²) in [4.78, 5) is 9.15. The first-order valence-corrected chi connectivity index (χ1v) is 9.49. The van der Waals surface area contributed by atoms with E-state index in [1.807, 2.05) is 7.05 Å². The smallest absolute Gasteiger partial charge is 0.196 e. The molecule has 0 saturated carbocycles. The summed E-state index contributed by atoms with van der Waals surface area (Å²) in [5.41, 5.74) is 3.55. The number of hydrogen-bond donors (Lipinski definition) is 0. The summed E-state index contributed by atoms with van der Waals surface area (Å²) in [5, 5.41) is 0. The fourth-order valence-electron chi connectivity index (χ4n) is 4.55. The third-order valence-electron chi connectivity index (χ3n) is 5.74. The number of likely N-dealkylation sites (N-methyl/N-ethyl adjacent to an activating group) is 1. The van der Waals surface area contributed by atoms with Crippen LogP contribution in [-0.4, -0.2) is 57.6 Å². The van der Waals surface area contributed by atoms with Crippen LogP contribution in [0, 0.1) is 0 Å². The minimum Gasteiger partial charge on any atom is -0.344 e. The lowest BCUT2D eigenvalue weighted by atomic mass is 10.3. The highest BCUT2D eigenvalue weighted by Gasteiger charge is 2.82. The number of hydrogen-bond acceptors (Lipinski definition) is 1. The van der Waals surface area contributed by atoms with Crippen molar-refractivity contribution in [2.45, 2.75) is 42.9 Å². The second kappa shape index (κ2) is 3.74. The topological polar surface area (TPSA) is 18.8 Å². The summed E-state index contributed by atoms with van der Waals surface area (Å²) in [7, 11) is 3.42. The molecule has 3 aliphatic heterocycles. The fourth-order valence-corrected chi connectivity index (χ4v) is 11.7. The molecule has 0 aromatic rings. The minimum absolute atomic E-state index is 0.649. The van der Waals surface area contributed by atoms with Crippen LogP contribution in [0.4, 0.5) is 0 Å². The largest absolute Gasteiger partial charge is 0.344 e. The molecule has 0 aromatic carbocycles. The van der Waals surface area contributed by atoms with Gasteiger partial charge in [0.05, 0.1) is 8.07 Å². The van der Waals surface area contributed by atoms with E-state index in [9.17, 15) is 0 Å².